The van der Waals surface area contributed by atoms with Crippen LogP contribution >= 0.6 is 0 Å². The normalized spacial score (nSPS) is 18.9. The molecular weight excluding hydrogens is 264 g/mol. The third-order valence-electron chi connectivity index (χ3n) is 3.94. The number of nitrogens with zero attached hydrogens (tertiary/aromatic N) is 2. The van der Waals surface area contributed by atoms with Crippen LogP contribution in [-0.4, -0.2) is 41.2 Å². The molecule has 3 rings (SSSR count). The van der Waals surface area contributed by atoms with Gasteiger partial charge in [0.2, 0.25) is 0 Å². The summed E-state index contributed by atoms with van der Waals surface area (Å²) in [4.78, 5) is 28.6. The number of hydrogen-bond donors (Lipinski definition) is 0. The Morgan fingerprint density at radius 2 is 1.71 bits per heavy atom. The predicted molar refractivity (Wildman–Crippen MR) is 81.1 cm³/mol. The van der Waals surface area contributed by atoms with Crippen LogP contribution in [-0.2, 0) is 9.59 Å². The first-order chi connectivity index (χ1) is 10.2. The summed E-state index contributed by atoms with van der Waals surface area (Å²) in [6.45, 7) is 5.57. The summed E-state index contributed by atoms with van der Waals surface area (Å²) < 4.78 is 0. The molecule has 2 heterocycles. The van der Waals surface area contributed by atoms with E-state index in [1.807, 2.05) is 35.2 Å². The van der Waals surface area contributed by atoms with Crippen LogP contribution in [0.4, 0.5) is 0 Å². The summed E-state index contributed by atoms with van der Waals surface area (Å²) in [6.07, 6.45) is 3.72. The number of likely N-dealkylation sites (tertiary alicyclic amines) is 1. The van der Waals surface area contributed by atoms with E-state index in [9.17, 15) is 9.59 Å². The summed E-state index contributed by atoms with van der Waals surface area (Å²) in [7, 11) is 0. The van der Waals surface area contributed by atoms with Crippen molar-refractivity contribution < 1.29 is 9.59 Å². The Bertz CT molecular complexity index is 613. The molecule has 0 atom stereocenters. The summed E-state index contributed by atoms with van der Waals surface area (Å²) in [5.41, 5.74) is 1.90. The quantitative estimate of drug-likeness (QED) is 0.627. The minimum atomic E-state index is -0.215. The molecule has 1 saturated heterocycles. The summed E-state index contributed by atoms with van der Waals surface area (Å²) >= 11 is 0. The highest BCUT2D eigenvalue weighted by Gasteiger charge is 2.41. The molecule has 1 aromatic carbocycles. The maximum absolute atomic E-state index is 12.6. The van der Waals surface area contributed by atoms with Gasteiger partial charge in [0.15, 0.2) is 0 Å². The van der Waals surface area contributed by atoms with Crippen LogP contribution in [0.15, 0.2) is 48.7 Å². The fourth-order valence-electron chi connectivity index (χ4n) is 2.96. The summed E-state index contributed by atoms with van der Waals surface area (Å²) in [5, 5.41) is 0. The number of amides is 2. The van der Waals surface area contributed by atoms with Crippen LogP contribution in [0.2, 0.25) is 0 Å². The van der Waals surface area contributed by atoms with Crippen molar-refractivity contribution in [3.63, 3.8) is 0 Å². The van der Waals surface area contributed by atoms with Crippen LogP contribution < -0.4 is 0 Å². The van der Waals surface area contributed by atoms with Crippen molar-refractivity contribution in [1.29, 1.82) is 0 Å². The van der Waals surface area contributed by atoms with E-state index in [0.717, 1.165) is 31.5 Å². The molecule has 108 valence electrons. The lowest BCUT2D eigenvalue weighted by molar-refractivity contribution is -0.136. The molecular formula is C17H18N2O2. The minimum absolute atomic E-state index is 0.194. The Balaban J connectivity index is 2.09. The molecule has 0 radical (unpaired) electrons. The Labute approximate surface area is 124 Å². The number of rotatable bonds is 4. The zero-order chi connectivity index (χ0) is 14.8. The van der Waals surface area contributed by atoms with Crippen LogP contribution in [0.5, 0.6) is 0 Å². The molecule has 0 unspecified atom stereocenters. The van der Waals surface area contributed by atoms with Gasteiger partial charge in [0.05, 0.1) is 5.57 Å². The molecule has 4 nitrogen and oxygen atoms in total. The monoisotopic (exact) mass is 282 g/mol. The van der Waals surface area contributed by atoms with Gasteiger partial charge in [-0.3, -0.25) is 14.5 Å². The highest BCUT2D eigenvalue weighted by Crippen LogP contribution is 2.33. The van der Waals surface area contributed by atoms with E-state index in [0.29, 0.717) is 11.3 Å². The molecule has 0 N–H and O–H groups in total. The maximum atomic E-state index is 12.6. The Hall–Kier alpha value is -2.36. The van der Waals surface area contributed by atoms with Crippen LogP contribution in [0.1, 0.15) is 18.4 Å². The van der Waals surface area contributed by atoms with Gasteiger partial charge in [-0.25, -0.2) is 0 Å². The fourth-order valence-corrected chi connectivity index (χ4v) is 2.96. The molecule has 0 bridgehead atoms. The molecule has 0 aromatic heterocycles. The number of carbonyl (C=O) groups is 2. The Morgan fingerprint density at radius 1 is 1.05 bits per heavy atom. The van der Waals surface area contributed by atoms with Gasteiger partial charge in [0.1, 0.15) is 5.70 Å². The smallest absolute Gasteiger partial charge is 0.278 e. The van der Waals surface area contributed by atoms with E-state index >= 15 is 0 Å². The molecule has 2 aliphatic heterocycles. The third kappa shape index (κ3) is 2.27. The van der Waals surface area contributed by atoms with Crippen LogP contribution in [0.3, 0.4) is 0 Å². The van der Waals surface area contributed by atoms with E-state index < -0.39 is 0 Å². The molecule has 0 aliphatic carbocycles. The maximum Gasteiger partial charge on any atom is 0.278 e. The average Bonchev–Trinajstić information content (AvgIpc) is 3.10. The van der Waals surface area contributed by atoms with Crippen LogP contribution in [0, 0.1) is 0 Å². The third-order valence-corrected chi connectivity index (χ3v) is 3.94. The molecule has 2 amide bonds. The van der Waals surface area contributed by atoms with E-state index in [1.165, 1.54) is 4.90 Å². The van der Waals surface area contributed by atoms with Crippen molar-refractivity contribution in [2.45, 2.75) is 12.8 Å². The Kier molecular flexibility index (Phi) is 3.60. The number of imide groups is 1. The largest absolute Gasteiger partial charge is 0.366 e. The second-order valence-electron chi connectivity index (χ2n) is 5.29. The molecule has 1 aromatic rings. The molecule has 21 heavy (non-hydrogen) atoms. The Morgan fingerprint density at radius 3 is 2.33 bits per heavy atom. The standard InChI is InChI=1S/C17H18N2O2/c1-2-10-19-16(20)14(13-8-4-3-5-9-13)15(17(19)21)18-11-6-7-12-18/h2-5,8-9H,1,6-7,10-12H2. The van der Waals surface area contributed by atoms with Gasteiger partial charge >= 0.3 is 0 Å². The molecule has 4 heteroatoms. The highest BCUT2D eigenvalue weighted by atomic mass is 16.2. The van der Waals surface area contributed by atoms with Crippen molar-refractivity contribution in [2.24, 2.45) is 0 Å². The number of hydrogen-bond acceptors (Lipinski definition) is 3. The topological polar surface area (TPSA) is 40.6 Å². The molecule has 1 fully saturated rings. The van der Waals surface area contributed by atoms with Gasteiger partial charge in [-0.15, -0.1) is 6.58 Å². The van der Waals surface area contributed by atoms with E-state index in [1.54, 1.807) is 6.08 Å². The van der Waals surface area contributed by atoms with Gasteiger partial charge in [0, 0.05) is 19.6 Å². The zero-order valence-electron chi connectivity index (χ0n) is 11.9. The molecule has 2 aliphatic rings. The SMILES string of the molecule is C=CCN1C(=O)C(c2ccccc2)=C(N2CCCC2)C1=O. The minimum Gasteiger partial charge on any atom is -0.366 e. The average molecular weight is 282 g/mol. The van der Waals surface area contributed by atoms with Gasteiger partial charge in [-0.2, -0.15) is 0 Å². The second-order valence-corrected chi connectivity index (χ2v) is 5.29. The van der Waals surface area contributed by atoms with Crippen molar-refractivity contribution >= 4 is 17.4 Å². The lowest BCUT2D eigenvalue weighted by Gasteiger charge is -2.19. The van der Waals surface area contributed by atoms with Gasteiger partial charge < -0.3 is 4.90 Å². The van der Waals surface area contributed by atoms with Crippen molar-refractivity contribution in [3.05, 3.63) is 54.2 Å². The fraction of sp³-hybridized carbons (Fsp3) is 0.294. The van der Waals surface area contributed by atoms with Gasteiger partial charge in [-0.1, -0.05) is 36.4 Å². The summed E-state index contributed by atoms with van der Waals surface area (Å²) in [5.74, 6) is -0.409. The molecule has 0 spiro atoms. The van der Waals surface area contributed by atoms with Gasteiger partial charge in [0.25, 0.3) is 11.8 Å². The lowest BCUT2D eigenvalue weighted by Crippen LogP contribution is -2.34. The van der Waals surface area contributed by atoms with Crippen molar-refractivity contribution in [3.8, 4) is 0 Å². The molecule has 0 saturated carbocycles. The highest BCUT2D eigenvalue weighted by molar-refractivity contribution is 6.35. The van der Waals surface area contributed by atoms with E-state index in [-0.39, 0.29) is 18.4 Å². The van der Waals surface area contributed by atoms with Crippen molar-refractivity contribution in [2.75, 3.05) is 19.6 Å². The van der Waals surface area contributed by atoms with Gasteiger partial charge in [-0.05, 0) is 18.4 Å². The van der Waals surface area contributed by atoms with E-state index in [2.05, 4.69) is 6.58 Å². The zero-order valence-corrected chi connectivity index (χ0v) is 11.9. The first-order valence-electron chi connectivity index (χ1n) is 7.25. The lowest BCUT2D eigenvalue weighted by atomic mass is 10.0. The second kappa shape index (κ2) is 5.56. The number of carbonyl (C=O) groups excluding carboxylic acids is 2. The predicted octanol–water partition coefficient (Wildman–Crippen LogP) is 2.05. The first-order valence-corrected chi connectivity index (χ1v) is 7.25. The van der Waals surface area contributed by atoms with Crippen LogP contribution in [0.25, 0.3) is 5.57 Å². The van der Waals surface area contributed by atoms with Crippen molar-refractivity contribution in [1.82, 2.24) is 9.80 Å². The first kappa shape index (κ1) is 13.6. The van der Waals surface area contributed by atoms with E-state index in [4.69, 9.17) is 0 Å². The summed E-state index contributed by atoms with van der Waals surface area (Å²) in [6, 6.07) is 9.44. The number of benzene rings is 1.